The second kappa shape index (κ2) is 7.26. The van der Waals surface area contributed by atoms with Crippen molar-refractivity contribution in [1.82, 2.24) is 9.88 Å². The van der Waals surface area contributed by atoms with Crippen molar-refractivity contribution < 1.29 is 9.13 Å². The lowest BCUT2D eigenvalue weighted by atomic mass is 10.1. The summed E-state index contributed by atoms with van der Waals surface area (Å²) in [6, 6.07) is 7.51. The van der Waals surface area contributed by atoms with Crippen LogP contribution in [0.3, 0.4) is 0 Å². The van der Waals surface area contributed by atoms with E-state index in [-0.39, 0.29) is 6.10 Å². The number of rotatable bonds is 5. The van der Waals surface area contributed by atoms with Gasteiger partial charge in [-0.25, -0.2) is 4.39 Å². The molecule has 0 atom stereocenters. The molecule has 1 aliphatic rings. The van der Waals surface area contributed by atoms with Crippen molar-refractivity contribution in [2.45, 2.75) is 39.5 Å². The highest BCUT2D eigenvalue weighted by Crippen LogP contribution is 2.29. The minimum Gasteiger partial charge on any atom is -0.490 e. The molecular weight excluding hydrogens is 291 g/mol. The Morgan fingerprint density at radius 1 is 1.26 bits per heavy atom. The fraction of sp³-hybridized carbons (Fsp3) is 0.526. The van der Waals surface area contributed by atoms with E-state index in [1.807, 2.05) is 18.2 Å². The van der Waals surface area contributed by atoms with Gasteiger partial charge in [0.2, 0.25) is 0 Å². The number of ether oxygens (including phenoxy) is 1. The number of aromatic nitrogens is 1. The predicted molar refractivity (Wildman–Crippen MR) is 91.5 cm³/mol. The van der Waals surface area contributed by atoms with E-state index in [2.05, 4.69) is 23.7 Å². The summed E-state index contributed by atoms with van der Waals surface area (Å²) in [4.78, 5) is 6.83. The molecule has 1 aromatic heterocycles. The van der Waals surface area contributed by atoms with Crippen molar-refractivity contribution in [3.63, 3.8) is 0 Å². The average Bonchev–Trinajstić information content (AvgIpc) is 2.56. The Balaban J connectivity index is 1.71. The number of hydrogen-bond acceptors (Lipinski definition) is 3. The first-order valence-electron chi connectivity index (χ1n) is 8.49. The first-order valence-corrected chi connectivity index (χ1v) is 8.49. The van der Waals surface area contributed by atoms with Gasteiger partial charge >= 0.3 is 0 Å². The van der Waals surface area contributed by atoms with Gasteiger partial charge in [-0.1, -0.05) is 26.0 Å². The van der Waals surface area contributed by atoms with Crippen LogP contribution in [-0.4, -0.2) is 35.6 Å². The summed E-state index contributed by atoms with van der Waals surface area (Å²) >= 11 is 0. The normalized spacial score (nSPS) is 17.0. The number of likely N-dealkylation sites (tertiary alicyclic amines) is 1. The van der Waals surface area contributed by atoms with Gasteiger partial charge in [0, 0.05) is 36.8 Å². The molecule has 0 unspecified atom stereocenters. The second-order valence-electron chi connectivity index (χ2n) is 6.77. The van der Waals surface area contributed by atoms with Crippen LogP contribution in [0.1, 0.15) is 32.3 Å². The molecule has 0 saturated carbocycles. The summed E-state index contributed by atoms with van der Waals surface area (Å²) in [6.07, 6.45) is 4.03. The van der Waals surface area contributed by atoms with Crippen LogP contribution in [0.5, 0.6) is 5.75 Å². The van der Waals surface area contributed by atoms with Crippen LogP contribution >= 0.6 is 0 Å². The van der Waals surface area contributed by atoms with E-state index < -0.39 is 6.67 Å². The lowest BCUT2D eigenvalue weighted by Gasteiger charge is -2.33. The maximum absolute atomic E-state index is 13.1. The Morgan fingerprint density at radius 3 is 2.74 bits per heavy atom. The number of hydrogen-bond donors (Lipinski definition) is 0. The Morgan fingerprint density at radius 2 is 2.04 bits per heavy atom. The largest absolute Gasteiger partial charge is 0.490 e. The second-order valence-corrected chi connectivity index (χ2v) is 6.77. The first-order chi connectivity index (χ1) is 11.2. The van der Waals surface area contributed by atoms with Crippen molar-refractivity contribution in [3.8, 4) is 5.75 Å². The molecule has 124 valence electrons. The number of halogens is 1. The van der Waals surface area contributed by atoms with Crippen LogP contribution in [-0.2, 0) is 6.67 Å². The molecule has 3 rings (SSSR count). The Kier molecular flexibility index (Phi) is 5.11. The van der Waals surface area contributed by atoms with E-state index in [0.717, 1.165) is 43.6 Å². The average molecular weight is 316 g/mol. The van der Waals surface area contributed by atoms with E-state index in [9.17, 15) is 4.39 Å². The minimum atomic E-state index is -0.499. The van der Waals surface area contributed by atoms with Gasteiger partial charge < -0.3 is 9.64 Å². The number of para-hydroxylation sites is 1. The van der Waals surface area contributed by atoms with Gasteiger partial charge in [-0.2, -0.15) is 0 Å². The topological polar surface area (TPSA) is 25.4 Å². The third-order valence-electron chi connectivity index (χ3n) is 4.41. The number of alkyl halides is 1. The van der Waals surface area contributed by atoms with Gasteiger partial charge in [0.25, 0.3) is 0 Å². The zero-order valence-electron chi connectivity index (χ0n) is 14.0. The predicted octanol–water partition coefficient (Wildman–Crippen LogP) is 4.20. The van der Waals surface area contributed by atoms with E-state index in [0.29, 0.717) is 17.0 Å². The fourth-order valence-electron chi connectivity index (χ4n) is 3.33. The smallest absolute Gasteiger partial charge is 0.130 e. The van der Waals surface area contributed by atoms with Crippen molar-refractivity contribution in [1.29, 1.82) is 0 Å². The zero-order valence-corrected chi connectivity index (χ0v) is 14.0. The third-order valence-corrected chi connectivity index (χ3v) is 4.41. The Hall–Kier alpha value is -1.68. The Labute approximate surface area is 137 Å². The molecule has 2 aromatic rings. The van der Waals surface area contributed by atoms with E-state index in [1.54, 1.807) is 12.3 Å². The number of nitrogens with zero attached hydrogens (tertiary/aromatic N) is 2. The maximum atomic E-state index is 13.1. The summed E-state index contributed by atoms with van der Waals surface area (Å²) in [5.74, 6) is 1.53. The summed E-state index contributed by atoms with van der Waals surface area (Å²) in [6.45, 7) is 7.34. The lowest BCUT2D eigenvalue weighted by molar-refractivity contribution is 0.0952. The van der Waals surface area contributed by atoms with Crippen LogP contribution in [0.25, 0.3) is 10.9 Å². The molecule has 0 aliphatic carbocycles. The molecule has 23 heavy (non-hydrogen) atoms. The molecule has 0 N–H and O–H groups in total. The highest BCUT2D eigenvalue weighted by molar-refractivity contribution is 5.87. The molecule has 1 aromatic carbocycles. The van der Waals surface area contributed by atoms with Gasteiger partial charge in [-0.05, 0) is 30.9 Å². The molecule has 1 fully saturated rings. The summed E-state index contributed by atoms with van der Waals surface area (Å²) in [5.41, 5.74) is 1.34. The standard InChI is InChI=1S/C19H25FN2O/c1-14(2)13-22-10-7-16(8-11-22)23-18-6-9-21-19-15(12-20)4-3-5-17(18)19/h3-6,9,14,16H,7-8,10-13H2,1-2H3. The monoisotopic (exact) mass is 316 g/mol. The van der Waals surface area contributed by atoms with Gasteiger partial charge in [-0.3, -0.25) is 4.98 Å². The van der Waals surface area contributed by atoms with Crippen molar-refractivity contribution in [2.75, 3.05) is 19.6 Å². The van der Waals surface area contributed by atoms with Crippen LogP contribution in [0, 0.1) is 5.92 Å². The van der Waals surface area contributed by atoms with E-state index in [1.165, 1.54) is 0 Å². The fourth-order valence-corrected chi connectivity index (χ4v) is 3.33. The maximum Gasteiger partial charge on any atom is 0.130 e. The van der Waals surface area contributed by atoms with Crippen molar-refractivity contribution in [2.24, 2.45) is 5.92 Å². The van der Waals surface area contributed by atoms with E-state index in [4.69, 9.17) is 4.74 Å². The molecule has 0 spiro atoms. The SMILES string of the molecule is CC(C)CN1CCC(Oc2ccnc3c(CF)cccc23)CC1. The highest BCUT2D eigenvalue weighted by Gasteiger charge is 2.21. The van der Waals surface area contributed by atoms with Crippen molar-refractivity contribution in [3.05, 3.63) is 36.0 Å². The minimum absolute atomic E-state index is 0.234. The summed E-state index contributed by atoms with van der Waals surface area (Å²) < 4.78 is 19.3. The number of benzene rings is 1. The van der Waals surface area contributed by atoms with Gasteiger partial charge in [0.05, 0.1) is 5.52 Å². The van der Waals surface area contributed by atoms with Gasteiger partial charge in [-0.15, -0.1) is 0 Å². The first kappa shape index (κ1) is 16.2. The molecule has 4 heteroatoms. The lowest BCUT2D eigenvalue weighted by Crippen LogP contribution is -2.39. The van der Waals surface area contributed by atoms with Crippen LogP contribution in [0.2, 0.25) is 0 Å². The molecule has 1 saturated heterocycles. The molecule has 1 aliphatic heterocycles. The van der Waals surface area contributed by atoms with Gasteiger partial charge in [0.1, 0.15) is 18.5 Å². The van der Waals surface area contributed by atoms with E-state index >= 15 is 0 Å². The van der Waals surface area contributed by atoms with Crippen molar-refractivity contribution >= 4 is 10.9 Å². The van der Waals surface area contributed by atoms with Crippen LogP contribution < -0.4 is 4.74 Å². The van der Waals surface area contributed by atoms with Crippen LogP contribution in [0.4, 0.5) is 4.39 Å². The van der Waals surface area contributed by atoms with Crippen LogP contribution in [0.15, 0.2) is 30.5 Å². The van der Waals surface area contributed by atoms with Gasteiger partial charge in [0.15, 0.2) is 0 Å². The molecule has 0 bridgehead atoms. The molecule has 3 nitrogen and oxygen atoms in total. The number of fused-ring (bicyclic) bond motifs is 1. The Bertz CT molecular complexity index is 651. The summed E-state index contributed by atoms with van der Waals surface area (Å²) in [7, 11) is 0. The molecule has 2 heterocycles. The molecular formula is C19H25FN2O. The molecule has 0 radical (unpaired) electrons. The zero-order chi connectivity index (χ0) is 16.2. The highest BCUT2D eigenvalue weighted by atomic mass is 19.1. The quantitative estimate of drug-likeness (QED) is 0.826. The number of pyridine rings is 1. The third kappa shape index (κ3) is 3.81. The molecule has 0 amide bonds. The number of piperidine rings is 1. The summed E-state index contributed by atoms with van der Waals surface area (Å²) in [5, 5.41) is 0.910.